The van der Waals surface area contributed by atoms with E-state index in [9.17, 15) is 5.11 Å². The van der Waals surface area contributed by atoms with Crippen molar-refractivity contribution in [2.24, 2.45) is 11.8 Å². The first kappa shape index (κ1) is 7.56. The Balaban J connectivity index is 2.10. The van der Waals surface area contributed by atoms with E-state index >= 15 is 0 Å². The van der Waals surface area contributed by atoms with Crippen LogP contribution in [0, 0.1) is 11.8 Å². The van der Waals surface area contributed by atoms with E-state index < -0.39 is 0 Å². The first-order chi connectivity index (χ1) is 5.25. The predicted molar refractivity (Wildman–Crippen MR) is 44.3 cm³/mol. The summed E-state index contributed by atoms with van der Waals surface area (Å²) >= 11 is 0. The minimum atomic E-state index is -0.00120. The first-order valence-electron chi connectivity index (χ1n) is 4.62. The summed E-state index contributed by atoms with van der Waals surface area (Å²) < 4.78 is 0. The van der Waals surface area contributed by atoms with Crippen molar-refractivity contribution in [3.8, 4) is 0 Å². The maximum absolute atomic E-state index is 9.67. The molecule has 3 fully saturated rings. The molecule has 1 aliphatic carbocycles. The lowest BCUT2D eigenvalue weighted by Crippen LogP contribution is -2.29. The van der Waals surface area contributed by atoms with Crippen molar-refractivity contribution in [2.75, 3.05) is 20.1 Å². The Morgan fingerprint density at radius 3 is 2.82 bits per heavy atom. The lowest BCUT2D eigenvalue weighted by molar-refractivity contribution is 0.0614. The van der Waals surface area contributed by atoms with E-state index in [4.69, 9.17) is 0 Å². The third kappa shape index (κ3) is 1.42. The molecule has 1 N–H and O–H groups in total. The van der Waals surface area contributed by atoms with E-state index in [1.165, 1.54) is 19.4 Å². The molecule has 2 heterocycles. The van der Waals surface area contributed by atoms with Gasteiger partial charge >= 0.3 is 0 Å². The average Bonchev–Trinajstić information content (AvgIpc) is 2.16. The fourth-order valence-electron chi connectivity index (χ4n) is 2.59. The van der Waals surface area contributed by atoms with Gasteiger partial charge < -0.3 is 10.0 Å². The van der Waals surface area contributed by atoms with Gasteiger partial charge in [0.05, 0.1) is 6.10 Å². The van der Waals surface area contributed by atoms with Gasteiger partial charge in [0.2, 0.25) is 0 Å². The molecule has 2 nitrogen and oxygen atoms in total. The monoisotopic (exact) mass is 155 g/mol. The van der Waals surface area contributed by atoms with Crippen LogP contribution < -0.4 is 0 Å². The highest BCUT2D eigenvalue weighted by Crippen LogP contribution is 2.33. The number of hydrogen-bond donors (Lipinski definition) is 1. The van der Waals surface area contributed by atoms with E-state index in [1.54, 1.807) is 0 Å². The molecule has 2 saturated heterocycles. The topological polar surface area (TPSA) is 23.5 Å². The quantitative estimate of drug-likeness (QED) is 0.557. The van der Waals surface area contributed by atoms with Gasteiger partial charge in [-0.3, -0.25) is 0 Å². The second-order valence-corrected chi connectivity index (χ2v) is 4.23. The Kier molecular flexibility index (Phi) is 1.90. The summed E-state index contributed by atoms with van der Waals surface area (Å²) in [5.41, 5.74) is 0. The molecule has 2 aliphatic heterocycles. The van der Waals surface area contributed by atoms with Gasteiger partial charge in [0.25, 0.3) is 0 Å². The highest BCUT2D eigenvalue weighted by atomic mass is 16.3. The fourth-order valence-corrected chi connectivity index (χ4v) is 2.59. The summed E-state index contributed by atoms with van der Waals surface area (Å²) in [6.45, 7) is 2.31. The van der Waals surface area contributed by atoms with Crippen molar-refractivity contribution in [3.05, 3.63) is 0 Å². The van der Waals surface area contributed by atoms with Gasteiger partial charge in [-0.1, -0.05) is 0 Å². The van der Waals surface area contributed by atoms with Gasteiger partial charge in [0.15, 0.2) is 0 Å². The highest BCUT2D eigenvalue weighted by Gasteiger charge is 2.33. The van der Waals surface area contributed by atoms with Crippen LogP contribution in [-0.4, -0.2) is 36.2 Å². The molecule has 0 radical (unpaired) electrons. The van der Waals surface area contributed by atoms with Crippen LogP contribution >= 0.6 is 0 Å². The van der Waals surface area contributed by atoms with Gasteiger partial charge in [-0.15, -0.1) is 0 Å². The van der Waals surface area contributed by atoms with Crippen molar-refractivity contribution in [3.63, 3.8) is 0 Å². The van der Waals surface area contributed by atoms with Crippen LogP contribution in [0.3, 0.4) is 0 Å². The van der Waals surface area contributed by atoms with Crippen LogP contribution in [0.2, 0.25) is 0 Å². The van der Waals surface area contributed by atoms with E-state index in [0.717, 1.165) is 18.9 Å². The summed E-state index contributed by atoms with van der Waals surface area (Å²) in [6, 6.07) is 0. The maximum atomic E-state index is 9.67. The van der Waals surface area contributed by atoms with E-state index in [1.807, 2.05) is 0 Å². The van der Waals surface area contributed by atoms with Gasteiger partial charge in [0.1, 0.15) is 0 Å². The zero-order chi connectivity index (χ0) is 7.84. The zero-order valence-corrected chi connectivity index (χ0v) is 7.16. The number of aliphatic hydroxyl groups excluding tert-OH is 1. The second kappa shape index (κ2) is 2.76. The largest absolute Gasteiger partial charge is 0.393 e. The van der Waals surface area contributed by atoms with Gasteiger partial charge in [-0.25, -0.2) is 0 Å². The van der Waals surface area contributed by atoms with E-state index in [0.29, 0.717) is 5.92 Å². The summed E-state index contributed by atoms with van der Waals surface area (Å²) in [7, 11) is 2.17. The molecule has 1 saturated carbocycles. The zero-order valence-electron chi connectivity index (χ0n) is 7.16. The summed E-state index contributed by atoms with van der Waals surface area (Å²) in [4.78, 5) is 2.37. The minimum Gasteiger partial charge on any atom is -0.393 e. The molecule has 3 unspecified atom stereocenters. The van der Waals surface area contributed by atoms with E-state index in [-0.39, 0.29) is 6.10 Å². The fraction of sp³-hybridized carbons (Fsp3) is 1.00. The van der Waals surface area contributed by atoms with Crippen molar-refractivity contribution in [1.29, 1.82) is 0 Å². The van der Waals surface area contributed by atoms with Crippen LogP contribution in [-0.2, 0) is 0 Å². The molecule has 3 aliphatic rings. The Morgan fingerprint density at radius 2 is 2.09 bits per heavy atom. The molecule has 2 heteroatoms. The highest BCUT2D eigenvalue weighted by molar-refractivity contribution is 4.86. The van der Waals surface area contributed by atoms with Crippen LogP contribution in [0.4, 0.5) is 0 Å². The molecular weight excluding hydrogens is 138 g/mol. The molecule has 3 atom stereocenters. The van der Waals surface area contributed by atoms with Crippen LogP contribution in [0.5, 0.6) is 0 Å². The summed E-state index contributed by atoms with van der Waals surface area (Å²) in [6.07, 6.45) is 3.63. The molecule has 0 aromatic carbocycles. The van der Waals surface area contributed by atoms with Crippen LogP contribution in [0.1, 0.15) is 19.3 Å². The van der Waals surface area contributed by atoms with Crippen molar-refractivity contribution < 1.29 is 5.11 Å². The normalized spacial score (nSPS) is 45.8. The predicted octanol–water partition coefficient (Wildman–Crippen LogP) is 0.709. The number of hydrogen-bond acceptors (Lipinski definition) is 2. The molecule has 64 valence electrons. The average molecular weight is 155 g/mol. The lowest BCUT2D eigenvalue weighted by atomic mass is 9.82. The number of fused-ring (bicyclic) bond motifs is 4. The van der Waals surface area contributed by atoms with Crippen molar-refractivity contribution in [2.45, 2.75) is 25.4 Å². The Bertz CT molecular complexity index is 146. The smallest absolute Gasteiger partial charge is 0.0583 e. The summed E-state index contributed by atoms with van der Waals surface area (Å²) in [5.74, 6) is 1.34. The Labute approximate surface area is 68.2 Å². The number of nitrogens with zero attached hydrogens (tertiary/aromatic N) is 1. The third-order valence-corrected chi connectivity index (χ3v) is 3.18. The van der Waals surface area contributed by atoms with Gasteiger partial charge in [-0.05, 0) is 38.1 Å². The van der Waals surface area contributed by atoms with Gasteiger partial charge in [0, 0.05) is 13.1 Å². The SMILES string of the molecule is CN1CC2CCC(C1)C(O)C2. The second-order valence-electron chi connectivity index (χ2n) is 4.23. The Morgan fingerprint density at radius 1 is 1.27 bits per heavy atom. The lowest BCUT2D eigenvalue weighted by Gasteiger charge is -2.27. The van der Waals surface area contributed by atoms with Crippen molar-refractivity contribution >= 4 is 0 Å². The molecule has 0 aromatic rings. The number of aliphatic hydroxyl groups is 1. The molecular formula is C9H17NO. The van der Waals surface area contributed by atoms with Crippen molar-refractivity contribution in [1.82, 2.24) is 4.90 Å². The minimum absolute atomic E-state index is 0.00120. The molecule has 0 amide bonds. The number of rotatable bonds is 0. The van der Waals surface area contributed by atoms with Crippen LogP contribution in [0.15, 0.2) is 0 Å². The Hall–Kier alpha value is -0.0800. The molecule has 3 rings (SSSR count). The molecule has 11 heavy (non-hydrogen) atoms. The maximum Gasteiger partial charge on any atom is 0.0583 e. The van der Waals surface area contributed by atoms with E-state index in [2.05, 4.69) is 11.9 Å². The molecule has 0 spiro atoms. The van der Waals surface area contributed by atoms with Gasteiger partial charge in [-0.2, -0.15) is 0 Å². The molecule has 2 bridgehead atoms. The standard InChI is InChI=1S/C9H17NO/c1-10-5-7-2-3-8(6-10)9(11)4-7/h7-9,11H,2-6H2,1H3. The first-order valence-corrected chi connectivity index (χ1v) is 4.62. The third-order valence-electron chi connectivity index (χ3n) is 3.18. The summed E-state index contributed by atoms with van der Waals surface area (Å²) in [5, 5.41) is 9.67. The molecule has 0 aromatic heterocycles. The van der Waals surface area contributed by atoms with Crippen LogP contribution in [0.25, 0.3) is 0 Å².